The van der Waals surface area contributed by atoms with E-state index >= 15 is 0 Å². The fourth-order valence-electron chi connectivity index (χ4n) is 1.61. The van der Waals surface area contributed by atoms with Gasteiger partial charge in [-0.25, -0.2) is 4.98 Å². The predicted molar refractivity (Wildman–Crippen MR) is 62.7 cm³/mol. The second-order valence-corrected chi connectivity index (χ2v) is 3.69. The van der Waals surface area contributed by atoms with Crippen LogP contribution >= 0.6 is 0 Å². The fourth-order valence-corrected chi connectivity index (χ4v) is 1.61. The molecule has 5 nitrogen and oxygen atoms in total. The maximum Gasteiger partial charge on any atom is 0.270 e. The summed E-state index contributed by atoms with van der Waals surface area (Å²) in [5.41, 5.74) is 0.0867. The first-order valence-corrected chi connectivity index (χ1v) is 4.80. The van der Waals surface area contributed by atoms with Crippen LogP contribution in [0.15, 0.2) is 30.5 Å². The van der Waals surface area contributed by atoms with Crippen LogP contribution in [0, 0.1) is 10.1 Å². The van der Waals surface area contributed by atoms with Crippen LogP contribution in [0.4, 0.5) is 11.5 Å². The standard InChI is InChI=1S/C11H11N3O2/c1-13(2)11-10-7-9(14(15)16)4-3-8(10)5-6-12-11/h3-7H,1-2H3. The molecule has 0 spiro atoms. The molecule has 1 aromatic heterocycles. The van der Waals surface area contributed by atoms with Gasteiger partial charge in [-0.05, 0) is 17.5 Å². The van der Waals surface area contributed by atoms with Crippen molar-refractivity contribution in [3.63, 3.8) is 0 Å². The molecule has 0 unspecified atom stereocenters. The Bertz CT molecular complexity index is 552. The van der Waals surface area contributed by atoms with Crippen molar-refractivity contribution in [2.45, 2.75) is 0 Å². The molecule has 2 rings (SSSR count). The van der Waals surface area contributed by atoms with Crippen molar-refractivity contribution >= 4 is 22.3 Å². The highest BCUT2D eigenvalue weighted by atomic mass is 16.6. The van der Waals surface area contributed by atoms with Crippen LogP contribution in [0.2, 0.25) is 0 Å². The molecule has 5 heteroatoms. The van der Waals surface area contributed by atoms with Gasteiger partial charge in [0.1, 0.15) is 5.82 Å². The Balaban J connectivity index is 2.73. The number of non-ortho nitro benzene ring substituents is 1. The summed E-state index contributed by atoms with van der Waals surface area (Å²) in [4.78, 5) is 16.3. The monoisotopic (exact) mass is 217 g/mol. The third-order valence-corrected chi connectivity index (χ3v) is 2.36. The molecule has 16 heavy (non-hydrogen) atoms. The van der Waals surface area contributed by atoms with Crippen LogP contribution in [-0.4, -0.2) is 24.0 Å². The number of rotatable bonds is 2. The summed E-state index contributed by atoms with van der Waals surface area (Å²) in [6.45, 7) is 0. The van der Waals surface area contributed by atoms with E-state index in [0.29, 0.717) is 0 Å². The lowest BCUT2D eigenvalue weighted by Gasteiger charge is -2.13. The van der Waals surface area contributed by atoms with Gasteiger partial charge in [-0.15, -0.1) is 0 Å². The number of aromatic nitrogens is 1. The number of nitro benzene ring substituents is 1. The lowest BCUT2D eigenvalue weighted by Crippen LogP contribution is -2.10. The molecule has 0 saturated heterocycles. The Morgan fingerprint density at radius 1 is 1.31 bits per heavy atom. The van der Waals surface area contributed by atoms with E-state index in [0.717, 1.165) is 16.6 Å². The van der Waals surface area contributed by atoms with Gasteiger partial charge >= 0.3 is 0 Å². The van der Waals surface area contributed by atoms with Gasteiger partial charge < -0.3 is 4.90 Å². The summed E-state index contributed by atoms with van der Waals surface area (Å²) in [5, 5.41) is 12.4. The zero-order valence-electron chi connectivity index (χ0n) is 9.04. The van der Waals surface area contributed by atoms with Crippen LogP contribution in [0.25, 0.3) is 10.8 Å². The molecular formula is C11H11N3O2. The first-order valence-electron chi connectivity index (χ1n) is 4.80. The molecule has 1 aromatic carbocycles. The Morgan fingerprint density at radius 2 is 2.06 bits per heavy atom. The Labute approximate surface area is 92.5 Å². The molecule has 0 radical (unpaired) electrons. The maximum absolute atomic E-state index is 10.7. The minimum atomic E-state index is -0.397. The molecule has 2 aromatic rings. The van der Waals surface area contributed by atoms with E-state index in [9.17, 15) is 10.1 Å². The number of nitrogens with zero attached hydrogens (tertiary/aromatic N) is 3. The SMILES string of the molecule is CN(C)c1nccc2ccc([N+](=O)[O-])cc12. The highest BCUT2D eigenvalue weighted by Crippen LogP contribution is 2.26. The smallest absolute Gasteiger partial charge is 0.270 e. The zero-order chi connectivity index (χ0) is 11.7. The van der Waals surface area contributed by atoms with Gasteiger partial charge in [-0.1, -0.05) is 0 Å². The maximum atomic E-state index is 10.7. The number of benzene rings is 1. The number of pyridine rings is 1. The van der Waals surface area contributed by atoms with E-state index in [1.54, 1.807) is 18.3 Å². The average Bonchev–Trinajstić information content (AvgIpc) is 2.27. The molecule has 0 bridgehead atoms. The third-order valence-electron chi connectivity index (χ3n) is 2.36. The summed E-state index contributed by atoms with van der Waals surface area (Å²) in [5.74, 6) is 0.737. The largest absolute Gasteiger partial charge is 0.362 e. The van der Waals surface area contributed by atoms with E-state index in [4.69, 9.17) is 0 Å². The molecular weight excluding hydrogens is 206 g/mol. The number of anilines is 1. The molecule has 1 heterocycles. The molecule has 0 fully saturated rings. The van der Waals surface area contributed by atoms with E-state index in [2.05, 4.69) is 4.98 Å². The van der Waals surface area contributed by atoms with Crippen LogP contribution < -0.4 is 4.90 Å². The van der Waals surface area contributed by atoms with Crippen molar-refractivity contribution in [2.24, 2.45) is 0 Å². The molecule has 0 aliphatic heterocycles. The summed E-state index contributed by atoms with van der Waals surface area (Å²) in [6, 6.07) is 6.63. The molecule has 0 aliphatic carbocycles. The highest BCUT2D eigenvalue weighted by Gasteiger charge is 2.10. The van der Waals surface area contributed by atoms with E-state index in [1.807, 2.05) is 25.1 Å². The lowest BCUT2D eigenvalue weighted by molar-refractivity contribution is -0.384. The molecule has 0 atom stereocenters. The number of hydrogen-bond donors (Lipinski definition) is 0. The zero-order valence-corrected chi connectivity index (χ0v) is 9.04. The average molecular weight is 217 g/mol. The first kappa shape index (κ1) is 10.4. The minimum Gasteiger partial charge on any atom is -0.362 e. The van der Waals surface area contributed by atoms with Gasteiger partial charge in [-0.2, -0.15) is 0 Å². The molecule has 0 amide bonds. The van der Waals surface area contributed by atoms with Gasteiger partial charge in [0.15, 0.2) is 0 Å². The topological polar surface area (TPSA) is 59.3 Å². The van der Waals surface area contributed by atoms with Crippen molar-refractivity contribution in [1.82, 2.24) is 4.98 Å². The van der Waals surface area contributed by atoms with Crippen LogP contribution in [0.3, 0.4) is 0 Å². The van der Waals surface area contributed by atoms with E-state index < -0.39 is 4.92 Å². The Morgan fingerprint density at radius 3 is 2.69 bits per heavy atom. The van der Waals surface area contributed by atoms with Crippen molar-refractivity contribution in [3.8, 4) is 0 Å². The molecule has 0 saturated carbocycles. The van der Waals surface area contributed by atoms with Crippen molar-refractivity contribution in [2.75, 3.05) is 19.0 Å². The van der Waals surface area contributed by atoms with Gasteiger partial charge in [-0.3, -0.25) is 10.1 Å². The number of fused-ring (bicyclic) bond motifs is 1. The fraction of sp³-hybridized carbons (Fsp3) is 0.182. The Hall–Kier alpha value is -2.17. The summed E-state index contributed by atoms with van der Waals surface area (Å²) in [7, 11) is 3.72. The summed E-state index contributed by atoms with van der Waals surface area (Å²) < 4.78 is 0. The normalized spacial score (nSPS) is 10.4. The highest BCUT2D eigenvalue weighted by molar-refractivity contribution is 5.93. The quantitative estimate of drug-likeness (QED) is 0.571. The Kier molecular flexibility index (Phi) is 2.44. The third kappa shape index (κ3) is 1.67. The van der Waals surface area contributed by atoms with Gasteiger partial charge in [0, 0.05) is 37.8 Å². The minimum absolute atomic E-state index is 0.0867. The van der Waals surface area contributed by atoms with Crippen molar-refractivity contribution in [3.05, 3.63) is 40.6 Å². The second-order valence-electron chi connectivity index (χ2n) is 3.69. The molecule has 82 valence electrons. The number of hydrogen-bond acceptors (Lipinski definition) is 4. The van der Waals surface area contributed by atoms with Crippen molar-refractivity contribution < 1.29 is 4.92 Å². The van der Waals surface area contributed by atoms with Gasteiger partial charge in [0.2, 0.25) is 0 Å². The first-order chi connectivity index (χ1) is 7.59. The van der Waals surface area contributed by atoms with Gasteiger partial charge in [0.05, 0.1) is 4.92 Å². The summed E-state index contributed by atoms with van der Waals surface area (Å²) in [6.07, 6.45) is 1.70. The molecule has 0 aliphatic rings. The summed E-state index contributed by atoms with van der Waals surface area (Å²) >= 11 is 0. The van der Waals surface area contributed by atoms with Crippen LogP contribution in [-0.2, 0) is 0 Å². The van der Waals surface area contributed by atoms with E-state index in [1.165, 1.54) is 6.07 Å². The number of nitro groups is 1. The van der Waals surface area contributed by atoms with Crippen LogP contribution in [0.5, 0.6) is 0 Å². The van der Waals surface area contributed by atoms with Crippen molar-refractivity contribution in [1.29, 1.82) is 0 Å². The van der Waals surface area contributed by atoms with E-state index in [-0.39, 0.29) is 5.69 Å². The predicted octanol–water partition coefficient (Wildman–Crippen LogP) is 2.21. The van der Waals surface area contributed by atoms with Gasteiger partial charge in [0.25, 0.3) is 5.69 Å². The lowest BCUT2D eigenvalue weighted by atomic mass is 10.1. The molecule has 0 N–H and O–H groups in total. The van der Waals surface area contributed by atoms with Crippen LogP contribution in [0.1, 0.15) is 0 Å². The second kappa shape index (κ2) is 3.77.